The summed E-state index contributed by atoms with van der Waals surface area (Å²) >= 11 is 0. The second-order valence-corrected chi connectivity index (χ2v) is 6.03. The molecule has 5 nitrogen and oxygen atoms in total. The van der Waals surface area contributed by atoms with Gasteiger partial charge < -0.3 is 14.2 Å². The van der Waals surface area contributed by atoms with Crippen molar-refractivity contribution in [1.29, 1.82) is 0 Å². The van der Waals surface area contributed by atoms with E-state index in [9.17, 15) is 9.59 Å². The number of hydrogen-bond donors (Lipinski definition) is 0. The quantitative estimate of drug-likeness (QED) is 0.432. The largest absolute Gasteiger partial charge is 0.493 e. The summed E-state index contributed by atoms with van der Waals surface area (Å²) in [7, 11) is 1.52. The third-order valence-electron chi connectivity index (χ3n) is 3.77. The monoisotopic (exact) mass is 354 g/mol. The van der Waals surface area contributed by atoms with Crippen LogP contribution in [0.15, 0.2) is 60.4 Å². The highest BCUT2D eigenvalue weighted by molar-refractivity contribution is 5.89. The Kier molecular flexibility index (Phi) is 6.17. The van der Waals surface area contributed by atoms with Crippen LogP contribution < -0.4 is 9.47 Å². The Morgan fingerprint density at radius 1 is 0.923 bits per heavy atom. The average Bonchev–Trinajstić information content (AvgIpc) is 2.62. The lowest BCUT2D eigenvalue weighted by Gasteiger charge is -2.16. The number of allylic oxidation sites excluding steroid dienone is 4. The Hall–Kier alpha value is -3.08. The molecule has 0 bridgehead atoms. The van der Waals surface area contributed by atoms with Crippen LogP contribution >= 0.6 is 0 Å². The van der Waals surface area contributed by atoms with Gasteiger partial charge in [-0.2, -0.15) is 0 Å². The summed E-state index contributed by atoms with van der Waals surface area (Å²) in [5.41, 5.74) is 2.69. The molecule has 0 unspecified atom stereocenters. The molecule has 0 spiro atoms. The molecule has 0 saturated heterocycles. The van der Waals surface area contributed by atoms with Crippen molar-refractivity contribution in [2.24, 2.45) is 0 Å². The molecule has 0 radical (unpaired) electrons. The van der Waals surface area contributed by atoms with E-state index in [4.69, 9.17) is 14.2 Å². The number of carbonyl (C=O) groups is 2. The summed E-state index contributed by atoms with van der Waals surface area (Å²) in [6, 6.07) is 5.36. The van der Waals surface area contributed by atoms with Crippen LogP contribution in [0.3, 0.4) is 0 Å². The topological polar surface area (TPSA) is 61.8 Å². The molecule has 1 aromatic rings. The number of methoxy groups -OCH3 is 1. The number of esters is 2. The van der Waals surface area contributed by atoms with Crippen molar-refractivity contribution in [3.63, 3.8) is 0 Å². The second kappa shape index (κ2) is 8.34. The lowest BCUT2D eigenvalue weighted by atomic mass is 9.96. The van der Waals surface area contributed by atoms with Crippen LogP contribution in [0, 0.1) is 0 Å². The summed E-state index contributed by atoms with van der Waals surface area (Å²) in [4.78, 5) is 23.3. The SMILES string of the molecule is C=C(C)C(=O)OC1=CC=C(c2ccc(OC(=O)C(=C)C)c(OC)c2)CC1. The third-order valence-corrected chi connectivity index (χ3v) is 3.77. The fraction of sp³-hybridized carbons (Fsp3) is 0.238. The van der Waals surface area contributed by atoms with Gasteiger partial charge in [0.2, 0.25) is 0 Å². The van der Waals surface area contributed by atoms with E-state index in [1.165, 1.54) is 7.11 Å². The van der Waals surface area contributed by atoms with E-state index in [0.717, 1.165) is 11.1 Å². The van der Waals surface area contributed by atoms with E-state index in [2.05, 4.69) is 13.2 Å². The fourth-order valence-electron chi connectivity index (χ4n) is 2.29. The highest BCUT2D eigenvalue weighted by Gasteiger charge is 2.16. The normalized spacial score (nSPS) is 13.2. The molecule has 0 heterocycles. The first-order valence-corrected chi connectivity index (χ1v) is 8.15. The predicted molar refractivity (Wildman–Crippen MR) is 99.6 cm³/mol. The highest BCUT2D eigenvalue weighted by Crippen LogP contribution is 2.34. The smallest absolute Gasteiger partial charge is 0.338 e. The Labute approximate surface area is 153 Å². The molecular weight excluding hydrogens is 332 g/mol. The molecule has 0 aromatic heterocycles. The molecule has 1 aliphatic rings. The minimum Gasteiger partial charge on any atom is -0.493 e. The van der Waals surface area contributed by atoms with Gasteiger partial charge in [-0.3, -0.25) is 0 Å². The third kappa shape index (κ3) is 4.72. The zero-order valence-corrected chi connectivity index (χ0v) is 15.3. The van der Waals surface area contributed by atoms with Crippen LogP contribution in [0.1, 0.15) is 32.3 Å². The van der Waals surface area contributed by atoms with E-state index in [1.807, 2.05) is 18.2 Å². The average molecular weight is 354 g/mol. The maximum Gasteiger partial charge on any atom is 0.338 e. The second-order valence-electron chi connectivity index (χ2n) is 6.03. The van der Waals surface area contributed by atoms with Crippen molar-refractivity contribution in [2.75, 3.05) is 7.11 Å². The first-order chi connectivity index (χ1) is 12.3. The molecule has 0 aliphatic heterocycles. The molecule has 26 heavy (non-hydrogen) atoms. The van der Waals surface area contributed by atoms with Crippen molar-refractivity contribution in [3.8, 4) is 11.5 Å². The van der Waals surface area contributed by atoms with E-state index in [-0.39, 0.29) is 0 Å². The number of ether oxygens (including phenoxy) is 3. The molecule has 0 amide bonds. The van der Waals surface area contributed by atoms with Crippen LogP contribution in [0.25, 0.3) is 5.57 Å². The van der Waals surface area contributed by atoms with Gasteiger partial charge in [0.1, 0.15) is 5.76 Å². The number of rotatable bonds is 6. The minimum absolute atomic E-state index is 0.313. The Bertz CT molecular complexity index is 827. The van der Waals surface area contributed by atoms with Gasteiger partial charge in [0.15, 0.2) is 11.5 Å². The van der Waals surface area contributed by atoms with Gasteiger partial charge in [0.05, 0.1) is 7.11 Å². The van der Waals surface area contributed by atoms with Gasteiger partial charge in [0, 0.05) is 17.6 Å². The zero-order chi connectivity index (χ0) is 19.3. The maximum atomic E-state index is 11.7. The predicted octanol–water partition coefficient (Wildman–Crippen LogP) is 4.36. The van der Waals surface area contributed by atoms with Crippen LogP contribution in [0.4, 0.5) is 0 Å². The lowest BCUT2D eigenvalue weighted by Crippen LogP contribution is -2.09. The molecule has 0 fully saturated rings. The van der Waals surface area contributed by atoms with Crippen molar-refractivity contribution in [2.45, 2.75) is 26.7 Å². The van der Waals surface area contributed by atoms with E-state index in [0.29, 0.717) is 41.2 Å². The molecule has 136 valence electrons. The number of carbonyl (C=O) groups excluding carboxylic acids is 2. The van der Waals surface area contributed by atoms with Gasteiger partial charge in [-0.25, -0.2) is 9.59 Å². The van der Waals surface area contributed by atoms with Gasteiger partial charge in [-0.15, -0.1) is 0 Å². The molecule has 0 N–H and O–H groups in total. The molecule has 0 saturated carbocycles. The van der Waals surface area contributed by atoms with Crippen molar-refractivity contribution < 1.29 is 23.8 Å². The van der Waals surface area contributed by atoms with Gasteiger partial charge in [0.25, 0.3) is 0 Å². The van der Waals surface area contributed by atoms with Gasteiger partial charge >= 0.3 is 11.9 Å². The molecule has 2 rings (SSSR count). The summed E-state index contributed by atoms with van der Waals surface area (Å²) in [5, 5.41) is 0. The molecule has 1 aliphatic carbocycles. The highest BCUT2D eigenvalue weighted by atomic mass is 16.6. The molecule has 0 atom stereocenters. The minimum atomic E-state index is -0.500. The van der Waals surface area contributed by atoms with Crippen LogP contribution in [0.2, 0.25) is 0 Å². The summed E-state index contributed by atoms with van der Waals surface area (Å²) < 4.78 is 15.8. The lowest BCUT2D eigenvalue weighted by molar-refractivity contribution is -0.135. The Morgan fingerprint density at radius 3 is 2.12 bits per heavy atom. The zero-order valence-electron chi connectivity index (χ0n) is 15.3. The van der Waals surface area contributed by atoms with Crippen molar-refractivity contribution in [3.05, 3.63) is 66.0 Å². The maximum absolute atomic E-state index is 11.7. The summed E-state index contributed by atoms with van der Waals surface area (Å²) in [6.45, 7) is 10.3. The van der Waals surface area contributed by atoms with Crippen LogP contribution in [-0.4, -0.2) is 19.0 Å². The summed E-state index contributed by atoms with van der Waals surface area (Å²) in [6.07, 6.45) is 5.00. The van der Waals surface area contributed by atoms with Crippen molar-refractivity contribution in [1.82, 2.24) is 0 Å². The first-order valence-electron chi connectivity index (χ1n) is 8.15. The molecule has 1 aromatic carbocycles. The number of benzene rings is 1. The van der Waals surface area contributed by atoms with Gasteiger partial charge in [-0.05, 0) is 49.6 Å². The van der Waals surface area contributed by atoms with Gasteiger partial charge in [-0.1, -0.05) is 25.3 Å². The van der Waals surface area contributed by atoms with E-state index < -0.39 is 11.9 Å². The van der Waals surface area contributed by atoms with Crippen LogP contribution in [-0.2, 0) is 14.3 Å². The fourth-order valence-corrected chi connectivity index (χ4v) is 2.29. The Morgan fingerprint density at radius 2 is 1.58 bits per heavy atom. The van der Waals surface area contributed by atoms with Crippen LogP contribution in [0.5, 0.6) is 11.5 Å². The first kappa shape index (κ1) is 19.2. The Balaban J connectivity index is 2.19. The summed E-state index contributed by atoms with van der Waals surface area (Å²) in [5.74, 6) is 0.493. The number of hydrogen-bond acceptors (Lipinski definition) is 5. The van der Waals surface area contributed by atoms with E-state index >= 15 is 0 Å². The standard InChI is InChI=1S/C21H22O5/c1-13(2)20(22)25-17-9-6-15(7-10-17)16-8-11-18(19(12-16)24-5)26-21(23)14(3)4/h6,8-9,11-12H,1,3,7,10H2,2,4-5H3. The van der Waals surface area contributed by atoms with E-state index in [1.54, 1.807) is 26.0 Å². The van der Waals surface area contributed by atoms with Crippen molar-refractivity contribution >= 4 is 17.5 Å². The molecular formula is C21H22O5. The molecule has 5 heteroatoms.